The fourth-order valence-electron chi connectivity index (χ4n) is 3.25. The van der Waals surface area contributed by atoms with Crippen LogP contribution in [-0.2, 0) is 0 Å². The minimum Gasteiger partial charge on any atom is -0.0669 e. The fourth-order valence-corrected chi connectivity index (χ4v) is 5.05. The summed E-state index contributed by atoms with van der Waals surface area (Å²) in [6.07, 6.45) is 11.4. The van der Waals surface area contributed by atoms with Crippen LogP contribution in [0.3, 0.4) is 0 Å². The molecule has 0 amide bonds. The summed E-state index contributed by atoms with van der Waals surface area (Å²) in [6.45, 7) is 4.76. The van der Waals surface area contributed by atoms with Gasteiger partial charge in [0.15, 0.2) is 0 Å². The van der Waals surface area contributed by atoms with E-state index < -0.39 is 0 Å². The third-order valence-corrected chi connectivity index (χ3v) is 7.31. The molecular formula is C23H33Si. The zero-order valence-electron chi connectivity index (χ0n) is 15.6. The summed E-state index contributed by atoms with van der Waals surface area (Å²) in [4.78, 5) is 0. The third kappa shape index (κ3) is 6.65. The fraction of sp³-hybridized carbons (Fsp3) is 0.478. The Bertz CT molecular complexity index is 544. The van der Waals surface area contributed by atoms with Gasteiger partial charge in [0.2, 0.25) is 0 Å². The highest BCUT2D eigenvalue weighted by Gasteiger charge is 2.08. The van der Waals surface area contributed by atoms with Crippen molar-refractivity contribution in [2.75, 3.05) is 0 Å². The van der Waals surface area contributed by atoms with Crippen molar-refractivity contribution in [3.05, 3.63) is 54.6 Å². The van der Waals surface area contributed by atoms with Crippen molar-refractivity contribution in [1.29, 1.82) is 0 Å². The normalized spacial score (nSPS) is 11.1. The lowest BCUT2D eigenvalue weighted by atomic mass is 10.1. The number of benzene rings is 2. The number of hydrogen-bond donors (Lipinski definition) is 0. The van der Waals surface area contributed by atoms with Gasteiger partial charge in [0.1, 0.15) is 0 Å². The van der Waals surface area contributed by atoms with E-state index in [9.17, 15) is 0 Å². The molecule has 24 heavy (non-hydrogen) atoms. The summed E-state index contributed by atoms with van der Waals surface area (Å²) in [7, 11) is -0.366. The summed E-state index contributed by atoms with van der Waals surface area (Å²) < 4.78 is 0. The molecule has 0 aliphatic heterocycles. The topological polar surface area (TPSA) is 0 Å². The van der Waals surface area contributed by atoms with E-state index in [-0.39, 0.29) is 8.80 Å². The van der Waals surface area contributed by atoms with Crippen LogP contribution in [0.25, 0.3) is 11.1 Å². The Morgan fingerprint density at radius 1 is 0.625 bits per heavy atom. The third-order valence-electron chi connectivity index (χ3n) is 4.89. The molecule has 0 saturated carbocycles. The largest absolute Gasteiger partial charge is 0.0824 e. The van der Waals surface area contributed by atoms with Crippen LogP contribution >= 0.6 is 0 Å². The van der Waals surface area contributed by atoms with E-state index in [0.29, 0.717) is 0 Å². The zero-order chi connectivity index (χ0) is 17.0. The van der Waals surface area contributed by atoms with Crippen molar-refractivity contribution in [3.63, 3.8) is 0 Å². The minimum absolute atomic E-state index is 0.366. The molecule has 0 bridgehead atoms. The Balaban J connectivity index is 1.68. The average Bonchev–Trinajstić information content (AvgIpc) is 2.64. The molecule has 0 saturated heterocycles. The Morgan fingerprint density at radius 3 is 1.79 bits per heavy atom. The second-order valence-corrected chi connectivity index (χ2v) is 9.59. The molecule has 0 heterocycles. The molecule has 1 radical (unpaired) electrons. The molecule has 0 aliphatic carbocycles. The predicted molar refractivity (Wildman–Crippen MR) is 111 cm³/mol. The Hall–Kier alpha value is -1.34. The van der Waals surface area contributed by atoms with Crippen LogP contribution in [0, 0.1) is 0 Å². The summed E-state index contributed by atoms with van der Waals surface area (Å²) in [5.74, 6) is 0. The molecule has 1 heteroatoms. The molecule has 2 rings (SSSR count). The van der Waals surface area contributed by atoms with Gasteiger partial charge >= 0.3 is 0 Å². The molecule has 0 N–H and O–H groups in total. The van der Waals surface area contributed by atoms with E-state index in [1.807, 2.05) is 0 Å². The highest BCUT2D eigenvalue weighted by Crippen LogP contribution is 2.18. The molecule has 129 valence electrons. The minimum atomic E-state index is -0.366. The Kier molecular flexibility index (Phi) is 8.90. The van der Waals surface area contributed by atoms with Crippen molar-refractivity contribution >= 4 is 14.0 Å². The Labute approximate surface area is 150 Å². The maximum Gasteiger partial charge on any atom is 0.0824 e. The monoisotopic (exact) mass is 337 g/mol. The smallest absolute Gasteiger partial charge is 0.0669 e. The van der Waals surface area contributed by atoms with Crippen molar-refractivity contribution in [2.45, 2.75) is 70.9 Å². The maximum absolute atomic E-state index is 2.48. The van der Waals surface area contributed by atoms with Gasteiger partial charge in [0.25, 0.3) is 0 Å². The van der Waals surface area contributed by atoms with Gasteiger partial charge in [-0.2, -0.15) is 0 Å². The van der Waals surface area contributed by atoms with Crippen LogP contribution in [0.5, 0.6) is 0 Å². The lowest BCUT2D eigenvalue weighted by molar-refractivity contribution is 0.584. The van der Waals surface area contributed by atoms with Crippen molar-refractivity contribution in [3.8, 4) is 11.1 Å². The predicted octanol–water partition coefficient (Wildman–Crippen LogP) is 6.83. The lowest BCUT2D eigenvalue weighted by Crippen LogP contribution is -2.25. The molecule has 0 fully saturated rings. The van der Waals surface area contributed by atoms with Gasteiger partial charge < -0.3 is 0 Å². The van der Waals surface area contributed by atoms with Gasteiger partial charge in [0.05, 0.1) is 8.80 Å². The number of unbranched alkanes of at least 4 members (excludes halogenated alkanes) is 7. The highest BCUT2D eigenvalue weighted by atomic mass is 28.3. The second kappa shape index (κ2) is 11.3. The first-order valence-corrected chi connectivity index (χ1v) is 12.0. The highest BCUT2D eigenvalue weighted by molar-refractivity contribution is 6.72. The molecule has 0 spiro atoms. The first-order chi connectivity index (χ1) is 11.8. The van der Waals surface area contributed by atoms with E-state index in [4.69, 9.17) is 0 Å². The molecule has 0 aliphatic rings. The maximum atomic E-state index is 2.48. The second-order valence-electron chi connectivity index (χ2n) is 6.95. The van der Waals surface area contributed by atoms with Crippen molar-refractivity contribution in [1.82, 2.24) is 0 Å². The molecular weight excluding hydrogens is 304 g/mol. The number of hydrogen-bond acceptors (Lipinski definition) is 0. The quantitative estimate of drug-likeness (QED) is 0.311. The molecule has 0 unspecified atom stereocenters. The van der Waals surface area contributed by atoms with Gasteiger partial charge in [-0.3, -0.25) is 0 Å². The van der Waals surface area contributed by atoms with E-state index in [1.165, 1.54) is 68.5 Å². The lowest BCUT2D eigenvalue weighted by Gasteiger charge is -2.11. The van der Waals surface area contributed by atoms with Crippen LogP contribution in [0.15, 0.2) is 54.6 Å². The summed E-state index contributed by atoms with van der Waals surface area (Å²) in [5.41, 5.74) is 2.65. The first-order valence-electron chi connectivity index (χ1n) is 9.79. The Morgan fingerprint density at radius 2 is 1.17 bits per heavy atom. The van der Waals surface area contributed by atoms with Gasteiger partial charge in [0, 0.05) is 0 Å². The van der Waals surface area contributed by atoms with E-state index >= 15 is 0 Å². The number of rotatable bonds is 11. The van der Waals surface area contributed by atoms with Crippen LogP contribution < -0.4 is 5.19 Å². The van der Waals surface area contributed by atoms with Crippen molar-refractivity contribution < 1.29 is 0 Å². The van der Waals surface area contributed by atoms with Crippen LogP contribution in [0.4, 0.5) is 0 Å². The molecule has 2 aromatic rings. The summed E-state index contributed by atoms with van der Waals surface area (Å²) >= 11 is 0. The van der Waals surface area contributed by atoms with Crippen molar-refractivity contribution in [2.24, 2.45) is 0 Å². The van der Waals surface area contributed by atoms with Gasteiger partial charge in [-0.15, -0.1) is 0 Å². The molecule has 0 atom stereocenters. The van der Waals surface area contributed by atoms with E-state index in [2.05, 4.69) is 68.1 Å². The van der Waals surface area contributed by atoms with Crippen LogP contribution in [0.2, 0.25) is 12.6 Å². The molecule has 0 aromatic heterocycles. The van der Waals surface area contributed by atoms with Crippen LogP contribution in [-0.4, -0.2) is 8.80 Å². The SMILES string of the molecule is CCCCCCCCCC[Si](C)c1ccc(-c2ccccc2)cc1. The van der Waals surface area contributed by atoms with Gasteiger partial charge in [-0.05, 0) is 11.1 Å². The first kappa shape index (κ1) is 19.0. The zero-order valence-corrected chi connectivity index (χ0v) is 16.6. The average molecular weight is 338 g/mol. The summed E-state index contributed by atoms with van der Waals surface area (Å²) in [6, 6.07) is 21.4. The summed E-state index contributed by atoms with van der Waals surface area (Å²) in [5, 5.41) is 1.59. The van der Waals surface area contributed by atoms with E-state index in [0.717, 1.165) is 0 Å². The van der Waals surface area contributed by atoms with Gasteiger partial charge in [-0.1, -0.05) is 131 Å². The standard InChI is InChI=1S/C23H33Si/c1-3-4-5-6-7-8-9-13-20-24(2)23-18-16-22(17-19-23)21-14-11-10-12-15-21/h10-12,14-19H,3-9,13,20H2,1-2H3. The van der Waals surface area contributed by atoms with Crippen LogP contribution in [0.1, 0.15) is 58.3 Å². The molecule has 0 nitrogen and oxygen atoms in total. The van der Waals surface area contributed by atoms with Gasteiger partial charge in [-0.25, -0.2) is 0 Å². The molecule has 2 aromatic carbocycles. The van der Waals surface area contributed by atoms with E-state index in [1.54, 1.807) is 5.19 Å².